The number of aryl methyl sites for hydroxylation is 2. The first kappa shape index (κ1) is 14.6. The van der Waals surface area contributed by atoms with E-state index in [1.807, 2.05) is 32.9 Å². The monoisotopic (exact) mass is 342 g/mol. The van der Waals surface area contributed by atoms with Crippen molar-refractivity contribution in [1.82, 2.24) is 10.3 Å². The van der Waals surface area contributed by atoms with Crippen molar-refractivity contribution in [2.45, 2.75) is 26.8 Å². The lowest BCUT2D eigenvalue weighted by Gasteiger charge is -2.18. The summed E-state index contributed by atoms with van der Waals surface area (Å²) in [7, 11) is 0. The molecule has 1 atom stereocenters. The highest BCUT2D eigenvalue weighted by atomic mass is 79.9. The molecular weight excluding hydrogens is 327 g/mol. The Balaban J connectivity index is 2.51. The molecule has 2 nitrogen and oxygen atoms in total. The molecule has 0 amide bonds. The third-order valence-electron chi connectivity index (χ3n) is 2.90. The predicted molar refractivity (Wildman–Crippen MR) is 81.2 cm³/mol. The van der Waals surface area contributed by atoms with Gasteiger partial charge in [0.2, 0.25) is 0 Å². The summed E-state index contributed by atoms with van der Waals surface area (Å²) in [6, 6.07) is 5.25. The molecule has 1 aromatic heterocycles. The number of aromatic nitrogens is 1. The average Bonchev–Trinajstić information content (AvgIpc) is 2.69. The van der Waals surface area contributed by atoms with Crippen molar-refractivity contribution in [3.8, 4) is 0 Å². The van der Waals surface area contributed by atoms with Crippen molar-refractivity contribution < 1.29 is 4.39 Å². The highest BCUT2D eigenvalue weighted by Crippen LogP contribution is 2.33. The summed E-state index contributed by atoms with van der Waals surface area (Å²) >= 11 is 4.86. The van der Waals surface area contributed by atoms with Crippen LogP contribution in [-0.4, -0.2) is 11.5 Å². The molecule has 2 aromatic rings. The molecule has 0 aliphatic heterocycles. The van der Waals surface area contributed by atoms with Gasteiger partial charge < -0.3 is 5.32 Å². The third-order valence-corrected chi connectivity index (χ3v) is 4.65. The zero-order chi connectivity index (χ0) is 14.0. The smallest absolute Gasteiger partial charge is 0.142 e. The molecule has 1 N–H and O–H groups in total. The van der Waals surface area contributed by atoms with E-state index in [-0.39, 0.29) is 11.9 Å². The Kier molecular flexibility index (Phi) is 4.71. The van der Waals surface area contributed by atoms with Gasteiger partial charge in [-0.1, -0.05) is 19.1 Å². The van der Waals surface area contributed by atoms with E-state index in [0.29, 0.717) is 10.0 Å². The molecule has 2 rings (SSSR count). The number of nitrogens with zero attached hydrogens (tertiary/aromatic N) is 1. The number of hydrogen-bond donors (Lipinski definition) is 1. The lowest BCUT2D eigenvalue weighted by Crippen LogP contribution is -2.23. The molecule has 0 saturated carbocycles. The van der Waals surface area contributed by atoms with Crippen molar-refractivity contribution >= 4 is 27.3 Å². The van der Waals surface area contributed by atoms with E-state index in [1.165, 1.54) is 0 Å². The SMILES string of the molecule is CCNC(c1cccc(Br)c1F)c1sc(C)nc1C. The first-order valence-corrected chi connectivity index (χ1v) is 7.76. The molecule has 102 valence electrons. The van der Waals surface area contributed by atoms with Gasteiger partial charge in [0.05, 0.1) is 21.2 Å². The summed E-state index contributed by atoms with van der Waals surface area (Å²) in [5, 5.41) is 4.35. The van der Waals surface area contributed by atoms with E-state index < -0.39 is 0 Å². The zero-order valence-corrected chi connectivity index (χ0v) is 13.5. The standard InChI is InChI=1S/C14H16BrFN2S/c1-4-17-13(14-8(2)18-9(3)19-14)10-6-5-7-11(15)12(10)16/h5-7,13,17H,4H2,1-3H3. The fourth-order valence-electron chi connectivity index (χ4n) is 2.11. The van der Waals surface area contributed by atoms with Crippen LogP contribution in [0.1, 0.15) is 34.1 Å². The Morgan fingerprint density at radius 2 is 2.16 bits per heavy atom. The van der Waals surface area contributed by atoms with Crippen LogP contribution >= 0.6 is 27.3 Å². The summed E-state index contributed by atoms with van der Waals surface area (Å²) in [6.07, 6.45) is 0. The highest BCUT2D eigenvalue weighted by Gasteiger charge is 2.22. The molecule has 1 unspecified atom stereocenters. The topological polar surface area (TPSA) is 24.9 Å². The first-order chi connectivity index (χ1) is 9.04. The minimum absolute atomic E-state index is 0.145. The second-order valence-corrected chi connectivity index (χ2v) is 6.41. The Morgan fingerprint density at radius 1 is 1.42 bits per heavy atom. The van der Waals surface area contributed by atoms with Crippen LogP contribution in [0.25, 0.3) is 0 Å². The molecule has 0 aliphatic rings. The highest BCUT2D eigenvalue weighted by molar-refractivity contribution is 9.10. The predicted octanol–water partition coefficient (Wildman–Crippen LogP) is 4.36. The number of nitrogens with one attached hydrogen (secondary N) is 1. The lowest BCUT2D eigenvalue weighted by atomic mass is 10.0. The van der Waals surface area contributed by atoms with E-state index >= 15 is 0 Å². The molecule has 0 spiro atoms. The van der Waals surface area contributed by atoms with E-state index in [2.05, 4.69) is 26.2 Å². The maximum atomic E-state index is 14.3. The van der Waals surface area contributed by atoms with E-state index in [9.17, 15) is 4.39 Å². The summed E-state index contributed by atoms with van der Waals surface area (Å²) in [5.41, 5.74) is 1.62. The average molecular weight is 343 g/mol. The van der Waals surface area contributed by atoms with Crippen molar-refractivity contribution in [2.24, 2.45) is 0 Å². The Morgan fingerprint density at radius 3 is 2.74 bits per heavy atom. The van der Waals surface area contributed by atoms with Crippen LogP contribution in [0.3, 0.4) is 0 Å². The van der Waals surface area contributed by atoms with Crippen molar-refractivity contribution in [3.05, 3.63) is 49.6 Å². The number of rotatable bonds is 4. The normalized spacial score (nSPS) is 12.7. The van der Waals surface area contributed by atoms with Crippen LogP contribution < -0.4 is 5.32 Å². The molecule has 1 aromatic carbocycles. The quantitative estimate of drug-likeness (QED) is 0.892. The largest absolute Gasteiger partial charge is 0.306 e. The summed E-state index contributed by atoms with van der Waals surface area (Å²) < 4.78 is 14.8. The number of benzene rings is 1. The number of hydrogen-bond acceptors (Lipinski definition) is 3. The molecule has 0 radical (unpaired) electrons. The second kappa shape index (κ2) is 6.11. The molecular formula is C14H16BrFN2S. The van der Waals surface area contributed by atoms with Crippen molar-refractivity contribution in [3.63, 3.8) is 0 Å². The van der Waals surface area contributed by atoms with Crippen molar-refractivity contribution in [2.75, 3.05) is 6.54 Å². The van der Waals surface area contributed by atoms with Crippen LogP contribution in [0.4, 0.5) is 4.39 Å². The fourth-order valence-corrected chi connectivity index (χ4v) is 3.51. The van der Waals surface area contributed by atoms with Crippen molar-refractivity contribution in [1.29, 1.82) is 0 Å². The van der Waals surface area contributed by atoms with Crippen LogP contribution in [0, 0.1) is 19.7 Å². The number of halogens is 2. The van der Waals surface area contributed by atoms with Gasteiger partial charge in [0.1, 0.15) is 5.82 Å². The van der Waals surface area contributed by atoms with Gasteiger partial charge in [-0.2, -0.15) is 0 Å². The Labute approximate surface area is 125 Å². The third kappa shape index (κ3) is 3.04. The van der Waals surface area contributed by atoms with Gasteiger partial charge in [0.15, 0.2) is 0 Å². The molecule has 5 heteroatoms. The first-order valence-electron chi connectivity index (χ1n) is 6.15. The summed E-state index contributed by atoms with van der Waals surface area (Å²) in [5.74, 6) is -0.209. The van der Waals surface area contributed by atoms with Crippen LogP contribution in [0.5, 0.6) is 0 Å². The minimum atomic E-state index is -0.209. The van der Waals surface area contributed by atoms with Gasteiger partial charge >= 0.3 is 0 Å². The maximum Gasteiger partial charge on any atom is 0.142 e. The van der Waals surface area contributed by atoms with Gasteiger partial charge in [-0.15, -0.1) is 11.3 Å². The molecule has 1 heterocycles. The fraction of sp³-hybridized carbons (Fsp3) is 0.357. The molecule has 0 fully saturated rings. The number of thiazole rings is 1. The van der Waals surface area contributed by atoms with E-state index in [1.54, 1.807) is 17.4 Å². The zero-order valence-electron chi connectivity index (χ0n) is 11.1. The van der Waals surface area contributed by atoms with Gasteiger partial charge in [-0.05, 0) is 42.4 Å². The summed E-state index contributed by atoms with van der Waals surface area (Å²) in [6.45, 7) is 6.74. The molecule has 0 saturated heterocycles. The van der Waals surface area contributed by atoms with Crippen LogP contribution in [0.15, 0.2) is 22.7 Å². The maximum absolute atomic E-state index is 14.3. The Hall–Kier alpha value is -0.780. The molecule has 0 bridgehead atoms. The van der Waals surface area contributed by atoms with E-state index in [0.717, 1.165) is 22.1 Å². The van der Waals surface area contributed by atoms with Crippen LogP contribution in [0.2, 0.25) is 0 Å². The summed E-state index contributed by atoms with van der Waals surface area (Å²) in [4.78, 5) is 5.52. The minimum Gasteiger partial charge on any atom is -0.306 e. The van der Waals surface area contributed by atoms with Gasteiger partial charge in [-0.25, -0.2) is 9.37 Å². The van der Waals surface area contributed by atoms with Gasteiger partial charge in [0, 0.05) is 10.4 Å². The molecule has 19 heavy (non-hydrogen) atoms. The Bertz CT molecular complexity index is 583. The van der Waals surface area contributed by atoms with Crippen LogP contribution in [-0.2, 0) is 0 Å². The van der Waals surface area contributed by atoms with Gasteiger partial charge in [-0.3, -0.25) is 0 Å². The second-order valence-electron chi connectivity index (χ2n) is 4.32. The lowest BCUT2D eigenvalue weighted by molar-refractivity contribution is 0.557. The molecule has 0 aliphatic carbocycles. The van der Waals surface area contributed by atoms with Gasteiger partial charge in [0.25, 0.3) is 0 Å². The van der Waals surface area contributed by atoms with E-state index in [4.69, 9.17) is 0 Å².